The third-order valence-electron chi connectivity index (χ3n) is 7.62. The molecule has 7 nitrogen and oxygen atoms in total. The summed E-state index contributed by atoms with van der Waals surface area (Å²) >= 11 is 6.70. The second kappa shape index (κ2) is 13.3. The zero-order valence-electron chi connectivity index (χ0n) is 22.9. The lowest BCUT2D eigenvalue weighted by Crippen LogP contribution is -2.39. The first kappa shape index (κ1) is 30.1. The number of carbonyl (C=O) groups is 1. The highest BCUT2D eigenvalue weighted by Crippen LogP contribution is 2.44. The molecule has 1 aliphatic carbocycles. The summed E-state index contributed by atoms with van der Waals surface area (Å²) in [4.78, 5) is 15.5. The maximum Gasteiger partial charge on any atom is 0.323 e. The lowest BCUT2D eigenvalue weighted by molar-refractivity contribution is -0.140. The van der Waals surface area contributed by atoms with Gasteiger partial charge < -0.3 is 14.9 Å². The molecule has 1 aliphatic rings. The van der Waals surface area contributed by atoms with Crippen molar-refractivity contribution < 1.29 is 28.5 Å². The van der Waals surface area contributed by atoms with Gasteiger partial charge in [-0.25, -0.2) is 8.78 Å². The SMILES string of the molecule is N#Cc1cncc(COc2cc(C[C@@H]3c4cccc(-c5ccccc5F)c4CC3F)c(Cl)cc2CNC(CO)C(=O)O)c1. The zero-order valence-corrected chi connectivity index (χ0v) is 23.7. The van der Waals surface area contributed by atoms with Crippen LogP contribution in [0.15, 0.2) is 73.1 Å². The minimum atomic E-state index is -1.22. The van der Waals surface area contributed by atoms with Gasteiger partial charge in [0.1, 0.15) is 36.5 Å². The van der Waals surface area contributed by atoms with Gasteiger partial charge in [0.2, 0.25) is 0 Å². The number of alkyl halides is 1. The number of aromatic nitrogens is 1. The molecule has 3 N–H and O–H groups in total. The van der Waals surface area contributed by atoms with Gasteiger partial charge in [0.05, 0.1) is 12.2 Å². The van der Waals surface area contributed by atoms with Gasteiger partial charge in [-0.2, -0.15) is 5.26 Å². The summed E-state index contributed by atoms with van der Waals surface area (Å²) < 4.78 is 36.4. The summed E-state index contributed by atoms with van der Waals surface area (Å²) in [6.45, 7) is -0.534. The average Bonchev–Trinajstić information content (AvgIpc) is 3.32. The third-order valence-corrected chi connectivity index (χ3v) is 7.97. The molecule has 220 valence electrons. The molecule has 0 fully saturated rings. The van der Waals surface area contributed by atoms with Crippen molar-refractivity contribution in [1.82, 2.24) is 10.3 Å². The first-order valence-corrected chi connectivity index (χ1v) is 14.0. The second-order valence-corrected chi connectivity index (χ2v) is 10.8. The van der Waals surface area contributed by atoms with Gasteiger partial charge in [0, 0.05) is 53.0 Å². The molecule has 2 unspecified atom stereocenters. The molecule has 0 spiro atoms. The molecule has 1 heterocycles. The maximum absolute atomic E-state index is 15.6. The summed E-state index contributed by atoms with van der Waals surface area (Å²) in [6.07, 6.45) is 2.18. The highest BCUT2D eigenvalue weighted by atomic mass is 35.5. The lowest BCUT2D eigenvalue weighted by atomic mass is 9.90. The van der Waals surface area contributed by atoms with Crippen molar-refractivity contribution in [2.24, 2.45) is 0 Å². The summed E-state index contributed by atoms with van der Waals surface area (Å²) in [5.41, 5.74) is 4.83. The number of pyridine rings is 1. The van der Waals surface area contributed by atoms with Gasteiger partial charge >= 0.3 is 5.97 Å². The van der Waals surface area contributed by atoms with Crippen molar-refractivity contribution in [1.29, 1.82) is 5.26 Å². The van der Waals surface area contributed by atoms with Gasteiger partial charge in [-0.15, -0.1) is 0 Å². The van der Waals surface area contributed by atoms with Crippen molar-refractivity contribution in [3.8, 4) is 22.9 Å². The van der Waals surface area contributed by atoms with Crippen LogP contribution in [0.5, 0.6) is 5.75 Å². The maximum atomic E-state index is 15.6. The molecule has 4 aromatic rings. The van der Waals surface area contributed by atoms with Crippen molar-refractivity contribution in [2.75, 3.05) is 6.61 Å². The van der Waals surface area contributed by atoms with Crippen LogP contribution in [-0.2, 0) is 30.8 Å². The minimum absolute atomic E-state index is 0.0212. The van der Waals surface area contributed by atoms with Crippen LogP contribution >= 0.6 is 11.6 Å². The first-order chi connectivity index (χ1) is 20.8. The van der Waals surface area contributed by atoms with Crippen molar-refractivity contribution in [3.05, 3.63) is 117 Å². The number of nitrogens with one attached hydrogen (secondary N) is 1. The minimum Gasteiger partial charge on any atom is -0.489 e. The Hall–Kier alpha value is -4.36. The fraction of sp³-hybridized carbons (Fsp3) is 0.242. The number of hydrogen-bond acceptors (Lipinski definition) is 6. The summed E-state index contributed by atoms with van der Waals surface area (Å²) in [6, 6.07) is 17.7. The molecule has 0 amide bonds. The molecular formula is C33H28ClF2N3O4. The van der Waals surface area contributed by atoms with E-state index in [0.29, 0.717) is 44.2 Å². The number of aliphatic carboxylic acids is 1. The number of halogens is 3. The van der Waals surface area contributed by atoms with E-state index in [1.807, 2.05) is 12.1 Å². The van der Waals surface area contributed by atoms with Crippen LogP contribution in [0.4, 0.5) is 8.78 Å². The van der Waals surface area contributed by atoms with Crippen molar-refractivity contribution in [3.63, 3.8) is 0 Å². The van der Waals surface area contributed by atoms with Gasteiger partial charge in [0.15, 0.2) is 0 Å². The lowest BCUT2D eigenvalue weighted by Gasteiger charge is -2.20. The number of nitrogens with zero attached hydrogens (tertiary/aromatic N) is 2. The van der Waals surface area contributed by atoms with Crippen LogP contribution in [-0.4, -0.2) is 40.0 Å². The summed E-state index contributed by atoms with van der Waals surface area (Å²) in [5, 5.41) is 31.1. The molecule has 1 aromatic heterocycles. The molecule has 0 aliphatic heterocycles. The third kappa shape index (κ3) is 6.67. The van der Waals surface area contributed by atoms with Crippen molar-refractivity contribution >= 4 is 17.6 Å². The molecule has 10 heteroatoms. The van der Waals surface area contributed by atoms with Crippen molar-refractivity contribution in [2.45, 2.75) is 44.1 Å². The van der Waals surface area contributed by atoms with Crippen LogP contribution in [0, 0.1) is 17.1 Å². The average molecular weight is 604 g/mol. The number of fused-ring (bicyclic) bond motifs is 1. The Bertz CT molecular complexity index is 1690. The van der Waals surface area contributed by atoms with Crippen LogP contribution in [0.2, 0.25) is 5.02 Å². The molecule has 3 atom stereocenters. The summed E-state index contributed by atoms with van der Waals surface area (Å²) in [7, 11) is 0. The normalized spacial score (nSPS) is 16.3. The summed E-state index contributed by atoms with van der Waals surface area (Å²) in [5.74, 6) is -1.73. The molecule has 0 radical (unpaired) electrons. The monoisotopic (exact) mass is 603 g/mol. The van der Waals surface area contributed by atoms with Gasteiger partial charge in [-0.3, -0.25) is 15.1 Å². The highest BCUT2D eigenvalue weighted by molar-refractivity contribution is 6.31. The number of benzene rings is 3. The highest BCUT2D eigenvalue weighted by Gasteiger charge is 2.35. The Kier molecular flexibility index (Phi) is 9.31. The molecule has 43 heavy (non-hydrogen) atoms. The Morgan fingerprint density at radius 2 is 1.93 bits per heavy atom. The van der Waals surface area contributed by atoms with E-state index in [9.17, 15) is 24.7 Å². The Morgan fingerprint density at radius 3 is 2.67 bits per heavy atom. The quantitative estimate of drug-likeness (QED) is 0.200. The predicted octanol–water partition coefficient (Wildman–Crippen LogP) is 5.75. The number of ether oxygens (including phenoxy) is 1. The molecule has 0 saturated carbocycles. The number of aliphatic hydroxyl groups excluding tert-OH is 1. The first-order valence-electron chi connectivity index (χ1n) is 13.6. The Morgan fingerprint density at radius 1 is 1.14 bits per heavy atom. The molecule has 3 aromatic carbocycles. The smallest absolute Gasteiger partial charge is 0.323 e. The largest absolute Gasteiger partial charge is 0.489 e. The van der Waals surface area contributed by atoms with E-state index in [2.05, 4.69) is 10.3 Å². The molecular weight excluding hydrogens is 576 g/mol. The van der Waals surface area contributed by atoms with Crippen LogP contribution in [0.25, 0.3) is 11.1 Å². The molecule has 5 rings (SSSR count). The standard InChI is InChI=1S/C33H28ClF2N3O4/c34-28-10-22(16-39-31(17-40)33(41)42)32(43-18-20-8-19(13-37)14-38-15-20)11-21(28)9-27-24-6-3-5-23(26(24)12-30(27)36)25-4-1-2-7-29(25)35/h1-8,10-11,14-15,27,30-31,39-40H,9,12,16-18H2,(H,41,42)/t27-,30?,31?/m1/s1. The number of nitriles is 1. The number of carboxylic acid groups (broad SMARTS) is 1. The van der Waals surface area contributed by atoms with E-state index in [1.165, 1.54) is 12.3 Å². The number of rotatable bonds is 11. The number of hydrogen-bond donors (Lipinski definition) is 3. The Labute approximate surface area is 252 Å². The van der Waals surface area contributed by atoms with Gasteiger partial charge in [-0.1, -0.05) is 48.0 Å². The fourth-order valence-electron chi connectivity index (χ4n) is 5.44. The van der Waals surface area contributed by atoms with Crippen LogP contribution < -0.4 is 10.1 Å². The van der Waals surface area contributed by atoms with E-state index < -0.39 is 30.7 Å². The van der Waals surface area contributed by atoms with Crippen LogP contribution in [0.1, 0.15) is 39.3 Å². The van der Waals surface area contributed by atoms with E-state index in [-0.39, 0.29) is 31.8 Å². The fourth-order valence-corrected chi connectivity index (χ4v) is 5.70. The van der Waals surface area contributed by atoms with E-state index >= 15 is 4.39 Å². The predicted molar refractivity (Wildman–Crippen MR) is 157 cm³/mol. The molecule has 0 saturated heterocycles. The van der Waals surface area contributed by atoms with Crippen LogP contribution in [0.3, 0.4) is 0 Å². The Balaban J connectivity index is 1.46. The number of carboxylic acids is 1. The second-order valence-electron chi connectivity index (χ2n) is 10.4. The number of aliphatic hydroxyl groups is 1. The van der Waals surface area contributed by atoms with Gasteiger partial charge in [-0.05, 0) is 52.9 Å². The van der Waals surface area contributed by atoms with Gasteiger partial charge in [0.25, 0.3) is 0 Å². The van der Waals surface area contributed by atoms with E-state index in [1.54, 1.807) is 54.7 Å². The topological polar surface area (TPSA) is 115 Å². The van der Waals surface area contributed by atoms with E-state index in [4.69, 9.17) is 16.3 Å². The van der Waals surface area contributed by atoms with E-state index in [0.717, 1.165) is 11.1 Å². The molecule has 0 bridgehead atoms. The zero-order chi connectivity index (χ0) is 30.5.